The van der Waals surface area contributed by atoms with Crippen molar-refractivity contribution in [3.8, 4) is 16.9 Å². The van der Waals surface area contributed by atoms with Gasteiger partial charge in [0.25, 0.3) is 5.91 Å². The molecule has 0 aliphatic heterocycles. The zero-order chi connectivity index (χ0) is 28.4. The minimum Gasteiger partial charge on any atom is -0.496 e. The fraction of sp³-hybridized carbons (Fsp3) is 0.344. The maximum atomic E-state index is 14.6. The number of carbonyl (C=O) groups is 1. The van der Waals surface area contributed by atoms with E-state index in [0.29, 0.717) is 11.8 Å². The molecule has 3 aromatic carbocycles. The van der Waals surface area contributed by atoms with Gasteiger partial charge in [0.1, 0.15) is 22.3 Å². The lowest BCUT2D eigenvalue weighted by molar-refractivity contribution is 0.0604. The first-order valence-corrected chi connectivity index (χ1v) is 14.8. The zero-order valence-electron chi connectivity index (χ0n) is 22.9. The highest BCUT2D eigenvalue weighted by atomic mass is 35.5. The Morgan fingerprint density at radius 3 is 2.33 bits per heavy atom. The second-order valence-corrected chi connectivity index (χ2v) is 11.7. The van der Waals surface area contributed by atoms with E-state index in [1.165, 1.54) is 5.56 Å². The van der Waals surface area contributed by atoms with Crippen molar-refractivity contribution in [2.45, 2.75) is 57.7 Å². The Morgan fingerprint density at radius 2 is 1.70 bits per heavy atom. The first-order chi connectivity index (χ1) is 19.3. The van der Waals surface area contributed by atoms with Crippen molar-refractivity contribution in [1.82, 2.24) is 10.2 Å². The summed E-state index contributed by atoms with van der Waals surface area (Å²) in [4.78, 5) is 16.2. The monoisotopic (exact) mass is 582 g/mol. The molecular formula is C32H33ClF2N2O2S. The topological polar surface area (TPSA) is 41.6 Å². The molecule has 4 nitrogen and oxygen atoms in total. The molecule has 1 amide bonds. The SMILES string of the molecule is CCc1ccc(-c2ccc(OC)c(CN(C(=O)c3sc4c(F)ccc(F)c4c3Cl)C3CCC(NC)CC3)c2)cc1. The molecule has 40 heavy (non-hydrogen) atoms. The largest absolute Gasteiger partial charge is 0.496 e. The summed E-state index contributed by atoms with van der Waals surface area (Å²) in [6.07, 6.45) is 4.44. The van der Waals surface area contributed by atoms with E-state index in [9.17, 15) is 13.6 Å². The van der Waals surface area contributed by atoms with Gasteiger partial charge in [-0.1, -0.05) is 48.9 Å². The molecule has 210 valence electrons. The number of hydrogen-bond acceptors (Lipinski definition) is 4. The highest BCUT2D eigenvalue weighted by molar-refractivity contribution is 7.21. The number of nitrogens with one attached hydrogen (secondary N) is 1. The van der Waals surface area contributed by atoms with Gasteiger partial charge in [-0.05, 0) is 80.1 Å². The van der Waals surface area contributed by atoms with Crippen molar-refractivity contribution >= 4 is 38.9 Å². The molecule has 1 heterocycles. The number of methoxy groups -OCH3 is 1. The van der Waals surface area contributed by atoms with Crippen molar-refractivity contribution in [2.75, 3.05) is 14.2 Å². The molecule has 0 atom stereocenters. The molecule has 1 N–H and O–H groups in total. The number of thiophene rings is 1. The summed E-state index contributed by atoms with van der Waals surface area (Å²) in [6, 6.07) is 16.9. The maximum absolute atomic E-state index is 14.6. The van der Waals surface area contributed by atoms with Gasteiger partial charge in [-0.2, -0.15) is 0 Å². The number of hydrogen-bond donors (Lipinski definition) is 1. The fourth-order valence-electron chi connectivity index (χ4n) is 5.61. The van der Waals surface area contributed by atoms with Crippen LogP contribution in [-0.4, -0.2) is 37.0 Å². The van der Waals surface area contributed by atoms with Crippen molar-refractivity contribution < 1.29 is 18.3 Å². The van der Waals surface area contributed by atoms with E-state index in [1.54, 1.807) is 7.11 Å². The zero-order valence-corrected chi connectivity index (χ0v) is 24.5. The molecule has 0 bridgehead atoms. The lowest BCUT2D eigenvalue weighted by Crippen LogP contribution is -2.44. The molecule has 5 rings (SSSR count). The van der Waals surface area contributed by atoms with Crippen LogP contribution in [0.15, 0.2) is 54.6 Å². The van der Waals surface area contributed by atoms with E-state index >= 15 is 0 Å². The van der Waals surface area contributed by atoms with Gasteiger partial charge in [-0.3, -0.25) is 4.79 Å². The van der Waals surface area contributed by atoms with Gasteiger partial charge < -0.3 is 15.0 Å². The summed E-state index contributed by atoms with van der Waals surface area (Å²) in [7, 11) is 3.57. The highest BCUT2D eigenvalue weighted by Gasteiger charge is 2.33. The predicted molar refractivity (Wildman–Crippen MR) is 160 cm³/mol. The number of amides is 1. The van der Waals surface area contributed by atoms with Crippen LogP contribution >= 0.6 is 22.9 Å². The van der Waals surface area contributed by atoms with Gasteiger partial charge in [0.15, 0.2) is 0 Å². The summed E-state index contributed by atoms with van der Waals surface area (Å²) in [5.74, 6) is -0.874. The minimum atomic E-state index is -0.638. The average Bonchev–Trinajstić information content (AvgIpc) is 3.35. The molecule has 1 saturated carbocycles. The van der Waals surface area contributed by atoms with Crippen molar-refractivity contribution in [1.29, 1.82) is 0 Å². The smallest absolute Gasteiger partial charge is 0.266 e. The first-order valence-electron chi connectivity index (χ1n) is 13.6. The van der Waals surface area contributed by atoms with Crippen LogP contribution in [0.1, 0.15) is 53.4 Å². The third-order valence-corrected chi connectivity index (χ3v) is 9.68. The van der Waals surface area contributed by atoms with E-state index in [-0.39, 0.29) is 38.5 Å². The van der Waals surface area contributed by atoms with Crippen LogP contribution in [0, 0.1) is 11.6 Å². The van der Waals surface area contributed by atoms with Gasteiger partial charge in [0.2, 0.25) is 0 Å². The minimum absolute atomic E-state index is 0.0346. The summed E-state index contributed by atoms with van der Waals surface area (Å²) in [5.41, 5.74) is 4.22. The molecule has 8 heteroatoms. The number of rotatable bonds is 8. The molecule has 0 saturated heterocycles. The molecule has 1 aliphatic rings. The van der Waals surface area contributed by atoms with Crippen LogP contribution in [-0.2, 0) is 13.0 Å². The van der Waals surface area contributed by atoms with E-state index in [1.807, 2.05) is 24.1 Å². The summed E-state index contributed by atoms with van der Waals surface area (Å²) < 4.78 is 35.0. The molecular weight excluding hydrogens is 550 g/mol. The standard InChI is InChI=1S/C32H33ClF2N2O2S/c1-4-19-5-7-20(8-6-19)21-9-16-27(39-3)22(17-21)18-37(24-12-10-23(36-2)11-13-24)32(38)31-29(33)28-25(34)14-15-26(35)30(28)40-31/h5-9,14-17,23-24,36H,4,10-13,18H2,1-3H3. The second-order valence-electron chi connectivity index (χ2n) is 10.3. The van der Waals surface area contributed by atoms with Crippen molar-refractivity contribution in [3.05, 3.63) is 87.3 Å². The molecule has 0 radical (unpaired) electrons. The third-order valence-electron chi connectivity index (χ3n) is 8.00. The van der Waals surface area contributed by atoms with E-state index < -0.39 is 11.6 Å². The van der Waals surface area contributed by atoms with E-state index in [4.69, 9.17) is 16.3 Å². The number of nitrogens with zero attached hydrogens (tertiary/aromatic N) is 1. The van der Waals surface area contributed by atoms with Crippen LogP contribution < -0.4 is 10.1 Å². The Hall–Kier alpha value is -3.00. The van der Waals surface area contributed by atoms with Gasteiger partial charge >= 0.3 is 0 Å². The molecule has 1 aromatic heterocycles. The normalized spacial score (nSPS) is 17.2. The van der Waals surface area contributed by atoms with Crippen molar-refractivity contribution in [2.24, 2.45) is 0 Å². The van der Waals surface area contributed by atoms with Gasteiger partial charge in [0.05, 0.1) is 22.2 Å². The Labute approximate surface area is 242 Å². The number of halogens is 3. The molecule has 4 aromatic rings. The Balaban J connectivity index is 1.55. The number of benzene rings is 3. The number of carbonyl (C=O) groups excluding carboxylic acids is 1. The van der Waals surface area contributed by atoms with Crippen LogP contribution in [0.2, 0.25) is 5.02 Å². The predicted octanol–water partition coefficient (Wildman–Crippen LogP) is 8.24. The average molecular weight is 583 g/mol. The highest BCUT2D eigenvalue weighted by Crippen LogP contribution is 2.40. The van der Waals surface area contributed by atoms with Crippen LogP contribution in [0.3, 0.4) is 0 Å². The number of ether oxygens (including phenoxy) is 1. The molecule has 0 unspecified atom stereocenters. The third kappa shape index (κ3) is 5.60. The molecule has 1 aliphatic carbocycles. The van der Waals surface area contributed by atoms with Gasteiger partial charge in [-0.15, -0.1) is 11.3 Å². The van der Waals surface area contributed by atoms with Crippen LogP contribution in [0.5, 0.6) is 5.75 Å². The lowest BCUT2D eigenvalue weighted by Gasteiger charge is -2.37. The summed E-state index contributed by atoms with van der Waals surface area (Å²) >= 11 is 7.48. The van der Waals surface area contributed by atoms with E-state index in [0.717, 1.165) is 72.3 Å². The lowest BCUT2D eigenvalue weighted by atomic mass is 9.89. The molecule has 1 fully saturated rings. The molecule has 0 spiro atoms. The first kappa shape index (κ1) is 28.5. The van der Waals surface area contributed by atoms with Crippen LogP contribution in [0.25, 0.3) is 21.2 Å². The van der Waals surface area contributed by atoms with Gasteiger partial charge in [-0.25, -0.2) is 8.78 Å². The Kier molecular flexibility index (Phi) is 8.74. The maximum Gasteiger partial charge on any atom is 0.266 e. The Morgan fingerprint density at radius 1 is 1.02 bits per heavy atom. The number of aryl methyl sites for hydroxylation is 1. The fourth-order valence-corrected chi connectivity index (χ4v) is 7.11. The van der Waals surface area contributed by atoms with Crippen molar-refractivity contribution in [3.63, 3.8) is 0 Å². The van der Waals surface area contributed by atoms with Crippen LogP contribution in [0.4, 0.5) is 8.78 Å². The second kappa shape index (κ2) is 12.2. The number of fused-ring (bicyclic) bond motifs is 1. The van der Waals surface area contributed by atoms with E-state index in [2.05, 4.69) is 42.6 Å². The Bertz CT molecular complexity index is 1510. The van der Waals surface area contributed by atoms with Gasteiger partial charge in [0, 0.05) is 24.2 Å². The summed E-state index contributed by atoms with van der Waals surface area (Å²) in [5, 5.41) is 3.27. The summed E-state index contributed by atoms with van der Waals surface area (Å²) in [6.45, 7) is 2.41. The quantitative estimate of drug-likeness (QED) is 0.227.